The normalized spacial score (nSPS) is 12.2. The molecule has 0 aromatic heterocycles. The van der Waals surface area contributed by atoms with Crippen molar-refractivity contribution in [2.45, 2.75) is 11.8 Å². The number of nitrogens with one attached hydrogen (secondary N) is 2. The van der Waals surface area contributed by atoms with Gasteiger partial charge in [0.05, 0.1) is 5.75 Å². The zero-order valence-electron chi connectivity index (χ0n) is 17.0. The summed E-state index contributed by atoms with van der Waals surface area (Å²) in [6.07, 6.45) is 0. The second-order valence-corrected chi connectivity index (χ2v) is 8.09. The summed E-state index contributed by atoms with van der Waals surface area (Å²) in [5.41, 5.74) is 3.09. The smallest absolute Gasteiger partial charge is 0.255 e. The largest absolute Gasteiger partial charge is 0.486 e. The van der Waals surface area contributed by atoms with E-state index < -0.39 is 0 Å². The number of anilines is 2. The number of thioether (sulfide) groups is 1. The average Bonchev–Trinajstić information content (AvgIpc) is 2.79. The van der Waals surface area contributed by atoms with E-state index in [0.29, 0.717) is 41.7 Å². The Balaban J connectivity index is 1.27. The van der Waals surface area contributed by atoms with Gasteiger partial charge in [0, 0.05) is 27.9 Å². The van der Waals surface area contributed by atoms with E-state index in [0.717, 1.165) is 10.5 Å². The monoisotopic (exact) mass is 434 g/mol. The van der Waals surface area contributed by atoms with E-state index in [1.54, 1.807) is 30.3 Å². The van der Waals surface area contributed by atoms with Gasteiger partial charge in [0.1, 0.15) is 13.2 Å². The second kappa shape index (κ2) is 9.57. The molecule has 158 valence electrons. The fourth-order valence-electron chi connectivity index (χ4n) is 3.01. The number of amides is 2. The van der Waals surface area contributed by atoms with Gasteiger partial charge in [-0.05, 0) is 55.5 Å². The van der Waals surface area contributed by atoms with Crippen molar-refractivity contribution < 1.29 is 19.1 Å². The maximum absolute atomic E-state index is 12.3. The van der Waals surface area contributed by atoms with Crippen LogP contribution in [-0.4, -0.2) is 30.8 Å². The maximum atomic E-state index is 12.3. The van der Waals surface area contributed by atoms with Crippen molar-refractivity contribution in [3.05, 3.63) is 77.9 Å². The molecule has 0 atom stereocenters. The van der Waals surface area contributed by atoms with Crippen molar-refractivity contribution in [3.63, 3.8) is 0 Å². The summed E-state index contributed by atoms with van der Waals surface area (Å²) in [7, 11) is 0. The molecule has 3 aromatic rings. The van der Waals surface area contributed by atoms with Gasteiger partial charge < -0.3 is 20.1 Å². The van der Waals surface area contributed by atoms with Gasteiger partial charge in [-0.15, -0.1) is 11.8 Å². The summed E-state index contributed by atoms with van der Waals surface area (Å²) in [6, 6.07) is 20.2. The molecule has 0 saturated heterocycles. The van der Waals surface area contributed by atoms with Gasteiger partial charge in [-0.25, -0.2) is 0 Å². The number of carbonyl (C=O) groups excluding carboxylic acids is 2. The Morgan fingerprint density at radius 3 is 2.26 bits per heavy atom. The highest BCUT2D eigenvalue weighted by Crippen LogP contribution is 2.32. The molecule has 0 spiro atoms. The molecule has 1 aliphatic heterocycles. The van der Waals surface area contributed by atoms with Gasteiger partial charge in [-0.3, -0.25) is 9.59 Å². The summed E-state index contributed by atoms with van der Waals surface area (Å²) < 4.78 is 11.0. The topological polar surface area (TPSA) is 76.7 Å². The first-order chi connectivity index (χ1) is 15.1. The molecule has 2 amide bonds. The third-order valence-corrected chi connectivity index (χ3v) is 5.63. The van der Waals surface area contributed by atoms with Gasteiger partial charge in [0.15, 0.2) is 11.5 Å². The molecule has 0 aliphatic carbocycles. The lowest BCUT2D eigenvalue weighted by Gasteiger charge is -2.19. The first-order valence-corrected chi connectivity index (χ1v) is 10.9. The fraction of sp³-hybridized carbons (Fsp3) is 0.167. The molecule has 31 heavy (non-hydrogen) atoms. The van der Waals surface area contributed by atoms with Gasteiger partial charge in [0.2, 0.25) is 5.91 Å². The SMILES string of the molecule is Cc1ccc(C(=O)Nc2ccc(SCC(=O)Nc3ccc4c(c3)OCCO4)cc2)cc1. The van der Waals surface area contributed by atoms with E-state index in [4.69, 9.17) is 9.47 Å². The van der Waals surface area contributed by atoms with Crippen molar-refractivity contribution in [3.8, 4) is 11.5 Å². The fourth-order valence-corrected chi connectivity index (χ4v) is 3.71. The summed E-state index contributed by atoms with van der Waals surface area (Å²) >= 11 is 1.42. The summed E-state index contributed by atoms with van der Waals surface area (Å²) in [6.45, 7) is 3.01. The van der Waals surface area contributed by atoms with Crippen LogP contribution in [0.3, 0.4) is 0 Å². The van der Waals surface area contributed by atoms with Crippen LogP contribution in [0, 0.1) is 6.92 Å². The van der Waals surface area contributed by atoms with Crippen molar-refractivity contribution in [1.82, 2.24) is 0 Å². The number of ether oxygens (including phenoxy) is 2. The van der Waals surface area contributed by atoms with Crippen molar-refractivity contribution >= 4 is 35.0 Å². The van der Waals surface area contributed by atoms with E-state index in [-0.39, 0.29) is 17.6 Å². The highest BCUT2D eigenvalue weighted by atomic mass is 32.2. The summed E-state index contributed by atoms with van der Waals surface area (Å²) in [5, 5.41) is 5.75. The third kappa shape index (κ3) is 5.58. The Labute approximate surface area is 185 Å². The van der Waals surface area contributed by atoms with E-state index in [1.807, 2.05) is 43.3 Å². The molecule has 0 radical (unpaired) electrons. The number of carbonyl (C=O) groups is 2. The Bertz CT molecular complexity index is 1080. The van der Waals surface area contributed by atoms with Crippen LogP contribution in [0.5, 0.6) is 11.5 Å². The lowest BCUT2D eigenvalue weighted by Crippen LogP contribution is -2.17. The molecule has 1 aliphatic rings. The Morgan fingerprint density at radius 1 is 0.839 bits per heavy atom. The first kappa shape index (κ1) is 20.8. The highest BCUT2D eigenvalue weighted by Gasteiger charge is 2.13. The Kier molecular flexibility index (Phi) is 6.43. The third-order valence-electron chi connectivity index (χ3n) is 4.62. The molecule has 0 fully saturated rings. The molecule has 3 aromatic carbocycles. The van der Waals surface area contributed by atoms with Crippen LogP contribution < -0.4 is 20.1 Å². The highest BCUT2D eigenvalue weighted by molar-refractivity contribution is 8.00. The molecule has 2 N–H and O–H groups in total. The number of hydrogen-bond donors (Lipinski definition) is 2. The summed E-state index contributed by atoms with van der Waals surface area (Å²) in [4.78, 5) is 25.5. The van der Waals surface area contributed by atoms with E-state index in [1.165, 1.54) is 11.8 Å². The van der Waals surface area contributed by atoms with Crippen LogP contribution in [0.4, 0.5) is 11.4 Å². The van der Waals surface area contributed by atoms with Crippen LogP contribution in [0.15, 0.2) is 71.6 Å². The van der Waals surface area contributed by atoms with Gasteiger partial charge >= 0.3 is 0 Å². The molecule has 1 heterocycles. The Morgan fingerprint density at radius 2 is 1.52 bits per heavy atom. The molecule has 0 saturated carbocycles. The van der Waals surface area contributed by atoms with Crippen LogP contribution in [0.2, 0.25) is 0 Å². The molecule has 0 bridgehead atoms. The zero-order chi connectivity index (χ0) is 21.6. The lowest BCUT2D eigenvalue weighted by atomic mass is 10.1. The molecule has 7 heteroatoms. The van der Waals surface area contributed by atoms with Crippen LogP contribution >= 0.6 is 11.8 Å². The molecular weight excluding hydrogens is 412 g/mol. The quantitative estimate of drug-likeness (QED) is 0.548. The number of benzene rings is 3. The predicted octanol–water partition coefficient (Wildman–Crippen LogP) is 4.75. The van der Waals surface area contributed by atoms with Gasteiger partial charge in [0.25, 0.3) is 5.91 Å². The number of rotatable bonds is 6. The van der Waals surface area contributed by atoms with E-state index in [9.17, 15) is 9.59 Å². The molecular formula is C24H22N2O4S. The van der Waals surface area contributed by atoms with Gasteiger partial charge in [-0.1, -0.05) is 17.7 Å². The minimum Gasteiger partial charge on any atom is -0.486 e. The molecule has 6 nitrogen and oxygen atoms in total. The Hall–Kier alpha value is -3.45. The van der Waals surface area contributed by atoms with Crippen molar-refractivity contribution in [1.29, 1.82) is 0 Å². The van der Waals surface area contributed by atoms with Crippen molar-refractivity contribution in [2.24, 2.45) is 0 Å². The van der Waals surface area contributed by atoms with Crippen LogP contribution in [0.1, 0.15) is 15.9 Å². The number of hydrogen-bond acceptors (Lipinski definition) is 5. The van der Waals surface area contributed by atoms with Gasteiger partial charge in [-0.2, -0.15) is 0 Å². The zero-order valence-corrected chi connectivity index (χ0v) is 17.8. The maximum Gasteiger partial charge on any atom is 0.255 e. The number of fused-ring (bicyclic) bond motifs is 1. The van der Waals surface area contributed by atoms with Crippen LogP contribution in [0.25, 0.3) is 0 Å². The minimum absolute atomic E-state index is 0.113. The average molecular weight is 435 g/mol. The summed E-state index contributed by atoms with van der Waals surface area (Å²) in [5.74, 6) is 1.33. The molecule has 4 rings (SSSR count). The standard InChI is InChI=1S/C24H22N2O4S/c1-16-2-4-17(5-3-16)24(28)26-18-6-9-20(10-7-18)31-15-23(27)25-19-8-11-21-22(14-19)30-13-12-29-21/h2-11,14H,12-13,15H2,1H3,(H,25,27)(H,26,28). The van der Waals surface area contributed by atoms with Crippen molar-refractivity contribution in [2.75, 3.05) is 29.6 Å². The first-order valence-electron chi connectivity index (χ1n) is 9.87. The van der Waals surface area contributed by atoms with E-state index in [2.05, 4.69) is 10.6 Å². The lowest BCUT2D eigenvalue weighted by molar-refractivity contribution is -0.113. The minimum atomic E-state index is -0.154. The number of aryl methyl sites for hydroxylation is 1. The molecule has 0 unspecified atom stereocenters. The van der Waals surface area contributed by atoms with Crippen LogP contribution in [-0.2, 0) is 4.79 Å². The second-order valence-electron chi connectivity index (χ2n) is 7.04. The predicted molar refractivity (Wildman–Crippen MR) is 122 cm³/mol. The van der Waals surface area contributed by atoms with E-state index >= 15 is 0 Å².